The van der Waals surface area contributed by atoms with Gasteiger partial charge in [0.25, 0.3) is 0 Å². The highest BCUT2D eigenvalue weighted by molar-refractivity contribution is 5.80. The van der Waals surface area contributed by atoms with Crippen molar-refractivity contribution < 1.29 is 9.53 Å². The number of aliphatic imine (C=N–C) groups is 1. The van der Waals surface area contributed by atoms with Gasteiger partial charge in [0.1, 0.15) is 0 Å². The molecule has 3 atom stereocenters. The van der Waals surface area contributed by atoms with Gasteiger partial charge in [-0.25, -0.2) is 0 Å². The first-order chi connectivity index (χ1) is 11.9. The molecule has 2 N–H and O–H groups in total. The van der Waals surface area contributed by atoms with Crippen molar-refractivity contribution in [2.24, 2.45) is 23.7 Å². The van der Waals surface area contributed by atoms with Crippen LogP contribution in [0.3, 0.4) is 0 Å². The lowest BCUT2D eigenvalue weighted by atomic mass is 9.94. The number of aromatic nitrogens is 2. The molecule has 2 saturated heterocycles. The van der Waals surface area contributed by atoms with Crippen molar-refractivity contribution in [3.05, 3.63) is 17.5 Å². The summed E-state index contributed by atoms with van der Waals surface area (Å²) in [6.07, 6.45) is 2.51. The van der Waals surface area contributed by atoms with Crippen molar-refractivity contribution in [3.63, 3.8) is 0 Å². The zero-order valence-electron chi connectivity index (χ0n) is 15.5. The molecule has 1 aromatic rings. The summed E-state index contributed by atoms with van der Waals surface area (Å²) in [5.74, 6) is 0.795. The maximum Gasteiger partial charge on any atom is 0.223 e. The van der Waals surface area contributed by atoms with E-state index in [1.807, 2.05) is 43.7 Å². The fourth-order valence-corrected chi connectivity index (χ4v) is 3.72. The lowest BCUT2D eigenvalue weighted by molar-refractivity contribution is -0.127. The first-order valence-electron chi connectivity index (χ1n) is 8.79. The van der Waals surface area contributed by atoms with Gasteiger partial charge >= 0.3 is 0 Å². The zero-order chi connectivity index (χ0) is 18.1. The normalized spacial score (nSPS) is 28.1. The molecule has 1 amide bonds. The molecule has 2 fully saturated rings. The molecular weight excluding hydrogens is 320 g/mol. The Morgan fingerprint density at radius 1 is 1.48 bits per heavy atom. The van der Waals surface area contributed by atoms with Crippen molar-refractivity contribution in [3.8, 4) is 0 Å². The van der Waals surface area contributed by atoms with E-state index < -0.39 is 0 Å². The lowest BCUT2D eigenvalue weighted by Gasteiger charge is -2.32. The van der Waals surface area contributed by atoms with Gasteiger partial charge in [-0.1, -0.05) is 0 Å². The number of amides is 1. The van der Waals surface area contributed by atoms with Crippen molar-refractivity contribution >= 4 is 11.9 Å². The Morgan fingerprint density at radius 3 is 2.88 bits per heavy atom. The summed E-state index contributed by atoms with van der Waals surface area (Å²) >= 11 is 0. The number of hydrogen-bond donors (Lipinski definition) is 1. The molecule has 8 heteroatoms. The van der Waals surface area contributed by atoms with E-state index in [-0.39, 0.29) is 24.0 Å². The summed E-state index contributed by atoms with van der Waals surface area (Å²) in [5, 5.41) is 4.33. The van der Waals surface area contributed by atoms with Crippen LogP contribution < -0.4 is 5.73 Å². The number of morpholine rings is 1. The largest absolute Gasteiger partial charge is 0.375 e. The van der Waals surface area contributed by atoms with Crippen LogP contribution in [0.15, 0.2) is 11.2 Å². The molecule has 1 unspecified atom stereocenters. The monoisotopic (exact) mass is 348 g/mol. The number of carbonyl (C=O) groups excluding carboxylic acids is 1. The summed E-state index contributed by atoms with van der Waals surface area (Å²) in [7, 11) is 3.77. The number of rotatable bonds is 3. The third kappa shape index (κ3) is 3.49. The fraction of sp³-hybridized carbons (Fsp3) is 0.706. The number of likely N-dealkylation sites (tertiary alicyclic amines) is 1. The Kier molecular flexibility index (Phi) is 4.99. The predicted molar refractivity (Wildman–Crippen MR) is 95.0 cm³/mol. The van der Waals surface area contributed by atoms with Crippen LogP contribution in [0.25, 0.3) is 0 Å². The highest BCUT2D eigenvalue weighted by Gasteiger charge is 2.40. The molecule has 0 radical (unpaired) electrons. The second-order valence-electron chi connectivity index (χ2n) is 7.05. The standard InChI is InChI=1S/C17H28N6O2/c1-11-10-23(5-6-25-11)17(18)19-8-13-7-15(24)21(3)16(13)14-9-20-22(4)12(14)2/h9,11,13,16H,5-8,10H2,1-4H3,(H2,18,19)/t11?,13-,16+/m0/s1. The third-order valence-corrected chi connectivity index (χ3v) is 5.34. The van der Waals surface area contributed by atoms with Crippen LogP contribution in [-0.4, -0.2) is 70.8 Å². The van der Waals surface area contributed by atoms with Gasteiger partial charge in [-0.2, -0.15) is 5.10 Å². The minimum absolute atomic E-state index is 0.00126. The number of nitrogens with two attached hydrogens (primary N) is 1. The summed E-state index contributed by atoms with van der Waals surface area (Å²) in [5.41, 5.74) is 8.35. The summed E-state index contributed by atoms with van der Waals surface area (Å²) < 4.78 is 7.38. The Hall–Kier alpha value is -2.09. The zero-order valence-corrected chi connectivity index (χ0v) is 15.5. The second kappa shape index (κ2) is 7.03. The van der Waals surface area contributed by atoms with Crippen LogP contribution in [0.4, 0.5) is 0 Å². The van der Waals surface area contributed by atoms with Crippen molar-refractivity contribution in [2.75, 3.05) is 33.3 Å². The highest BCUT2D eigenvalue weighted by Crippen LogP contribution is 2.38. The van der Waals surface area contributed by atoms with Gasteiger partial charge < -0.3 is 20.3 Å². The highest BCUT2D eigenvalue weighted by atomic mass is 16.5. The quantitative estimate of drug-likeness (QED) is 0.626. The topological polar surface area (TPSA) is 89.0 Å². The number of guanidine groups is 1. The van der Waals surface area contributed by atoms with Crippen molar-refractivity contribution in [2.45, 2.75) is 32.4 Å². The minimum Gasteiger partial charge on any atom is -0.375 e. The summed E-state index contributed by atoms with van der Waals surface area (Å²) in [6, 6.07) is 0.00126. The van der Waals surface area contributed by atoms with Crippen LogP contribution in [-0.2, 0) is 16.6 Å². The smallest absolute Gasteiger partial charge is 0.223 e. The first kappa shape index (κ1) is 17.7. The molecule has 2 aliphatic heterocycles. The van der Waals surface area contributed by atoms with Gasteiger partial charge in [0, 0.05) is 57.3 Å². The molecule has 3 heterocycles. The lowest BCUT2D eigenvalue weighted by Crippen LogP contribution is -2.48. The van der Waals surface area contributed by atoms with Crippen LogP contribution in [0.5, 0.6) is 0 Å². The fourth-order valence-electron chi connectivity index (χ4n) is 3.72. The number of ether oxygens (including phenoxy) is 1. The van der Waals surface area contributed by atoms with Crippen molar-refractivity contribution in [1.29, 1.82) is 0 Å². The molecule has 0 spiro atoms. The molecule has 0 aromatic carbocycles. The van der Waals surface area contributed by atoms with Gasteiger partial charge in [0.15, 0.2) is 5.96 Å². The average molecular weight is 348 g/mol. The van der Waals surface area contributed by atoms with E-state index in [0.717, 1.165) is 24.3 Å². The van der Waals surface area contributed by atoms with Crippen LogP contribution in [0, 0.1) is 12.8 Å². The van der Waals surface area contributed by atoms with E-state index >= 15 is 0 Å². The van der Waals surface area contributed by atoms with E-state index in [4.69, 9.17) is 10.5 Å². The molecule has 3 rings (SSSR count). The molecule has 138 valence electrons. The van der Waals surface area contributed by atoms with E-state index in [9.17, 15) is 4.79 Å². The number of aryl methyl sites for hydroxylation is 1. The van der Waals surface area contributed by atoms with E-state index in [1.165, 1.54) is 0 Å². The molecular formula is C17H28N6O2. The summed E-state index contributed by atoms with van der Waals surface area (Å²) in [4.78, 5) is 20.7. The molecule has 0 saturated carbocycles. The van der Waals surface area contributed by atoms with Crippen LogP contribution >= 0.6 is 0 Å². The second-order valence-corrected chi connectivity index (χ2v) is 7.05. The Balaban J connectivity index is 1.74. The van der Waals surface area contributed by atoms with E-state index in [2.05, 4.69) is 15.0 Å². The Labute approximate surface area is 148 Å². The maximum absolute atomic E-state index is 12.3. The Morgan fingerprint density at radius 2 is 2.24 bits per heavy atom. The predicted octanol–water partition coefficient (Wildman–Crippen LogP) is 0.283. The molecule has 25 heavy (non-hydrogen) atoms. The SMILES string of the molecule is Cc1c([C@H]2[C@H](CN=C(N)N3CCOC(C)C3)CC(=O)N2C)cnn1C. The molecule has 0 bridgehead atoms. The summed E-state index contributed by atoms with van der Waals surface area (Å²) in [6.45, 7) is 6.78. The first-order valence-corrected chi connectivity index (χ1v) is 8.79. The van der Waals surface area contributed by atoms with E-state index in [1.54, 1.807) is 0 Å². The number of nitrogens with zero attached hydrogens (tertiary/aromatic N) is 5. The van der Waals surface area contributed by atoms with Gasteiger partial charge in [0.05, 0.1) is 24.9 Å². The molecule has 2 aliphatic rings. The molecule has 1 aromatic heterocycles. The minimum atomic E-state index is 0.00126. The average Bonchev–Trinajstić information content (AvgIpc) is 3.05. The number of hydrogen-bond acceptors (Lipinski definition) is 4. The third-order valence-electron chi connectivity index (χ3n) is 5.34. The Bertz CT molecular complexity index is 670. The molecule has 8 nitrogen and oxygen atoms in total. The van der Waals surface area contributed by atoms with Crippen molar-refractivity contribution in [1.82, 2.24) is 19.6 Å². The van der Waals surface area contributed by atoms with Gasteiger partial charge in [0.2, 0.25) is 5.91 Å². The van der Waals surface area contributed by atoms with Gasteiger partial charge in [-0.15, -0.1) is 0 Å². The number of carbonyl (C=O) groups is 1. The van der Waals surface area contributed by atoms with Gasteiger partial charge in [-0.3, -0.25) is 14.5 Å². The van der Waals surface area contributed by atoms with Crippen LogP contribution in [0.1, 0.15) is 30.6 Å². The maximum atomic E-state index is 12.3. The van der Waals surface area contributed by atoms with E-state index in [0.29, 0.717) is 25.5 Å². The van der Waals surface area contributed by atoms with Gasteiger partial charge in [-0.05, 0) is 13.8 Å². The van der Waals surface area contributed by atoms with Crippen LogP contribution in [0.2, 0.25) is 0 Å². The molecule has 0 aliphatic carbocycles.